The Labute approximate surface area is 96.7 Å². The van der Waals surface area contributed by atoms with Crippen LogP contribution in [-0.2, 0) is 4.74 Å². The zero-order chi connectivity index (χ0) is 11.2. The number of nitrogens with one attached hydrogen (secondary N) is 1. The molecule has 1 aliphatic heterocycles. The van der Waals surface area contributed by atoms with Crippen molar-refractivity contribution in [1.29, 1.82) is 0 Å². The lowest BCUT2D eigenvalue weighted by Crippen LogP contribution is -2.46. The Kier molecular flexibility index (Phi) is 4.10. The summed E-state index contributed by atoms with van der Waals surface area (Å²) in [6.07, 6.45) is 0. The topological polar surface area (TPSA) is 24.5 Å². The summed E-state index contributed by atoms with van der Waals surface area (Å²) in [4.78, 5) is 0. The maximum Gasteiger partial charge on any atom is 0.0608 e. The van der Waals surface area contributed by atoms with Crippen LogP contribution in [0.3, 0.4) is 0 Å². The van der Waals surface area contributed by atoms with Gasteiger partial charge in [0.25, 0.3) is 0 Å². The maximum atomic E-state index is 5.29. The van der Waals surface area contributed by atoms with E-state index < -0.39 is 0 Å². The first-order valence-corrected chi connectivity index (χ1v) is 5.65. The van der Waals surface area contributed by atoms with Gasteiger partial charge in [0.05, 0.1) is 13.2 Å². The molecule has 1 saturated heterocycles. The largest absolute Gasteiger partial charge is 0.379 e. The summed E-state index contributed by atoms with van der Waals surface area (Å²) in [6.45, 7) is 8.40. The monoisotopic (exact) mass is 218 g/mol. The van der Waals surface area contributed by atoms with Crippen LogP contribution in [0.2, 0.25) is 0 Å². The van der Waals surface area contributed by atoms with Gasteiger partial charge in [0.1, 0.15) is 0 Å². The summed E-state index contributed by atoms with van der Waals surface area (Å²) in [6, 6.07) is 10.3. The molecule has 1 aromatic carbocycles. The highest BCUT2D eigenvalue weighted by Gasteiger charge is 2.09. The first kappa shape index (κ1) is 11.3. The molecule has 0 bridgehead atoms. The minimum Gasteiger partial charge on any atom is -0.379 e. The first-order chi connectivity index (χ1) is 7.86. The van der Waals surface area contributed by atoms with Gasteiger partial charge in [-0.05, 0) is 11.1 Å². The Balaban J connectivity index is 1.79. The molecule has 3 nitrogen and oxygen atoms in total. The fourth-order valence-electron chi connectivity index (χ4n) is 1.70. The Bertz CT molecular complexity index is 331. The second-order valence-electron chi connectivity index (χ2n) is 3.90. The average Bonchev–Trinajstić information content (AvgIpc) is 2.38. The van der Waals surface area contributed by atoms with Gasteiger partial charge in [-0.25, -0.2) is 5.01 Å². The predicted octanol–water partition coefficient (Wildman–Crippen LogP) is 1.54. The number of rotatable bonds is 4. The first-order valence-electron chi connectivity index (χ1n) is 5.65. The summed E-state index contributed by atoms with van der Waals surface area (Å²) < 4.78 is 5.29. The van der Waals surface area contributed by atoms with Crippen molar-refractivity contribution >= 4 is 5.57 Å². The van der Waals surface area contributed by atoms with Gasteiger partial charge in [0.2, 0.25) is 0 Å². The van der Waals surface area contributed by atoms with E-state index in [0.717, 1.165) is 38.4 Å². The van der Waals surface area contributed by atoms with Crippen LogP contribution in [0.5, 0.6) is 0 Å². The number of nitrogens with zero attached hydrogens (tertiary/aromatic N) is 1. The SMILES string of the molecule is C=C(CNN1CCOCC1)c1ccccc1. The minimum atomic E-state index is 0.796. The summed E-state index contributed by atoms with van der Waals surface area (Å²) in [5.74, 6) is 0. The smallest absolute Gasteiger partial charge is 0.0608 e. The normalized spacial score (nSPS) is 17.2. The van der Waals surface area contributed by atoms with Gasteiger partial charge >= 0.3 is 0 Å². The molecule has 3 heteroatoms. The van der Waals surface area contributed by atoms with Crippen LogP contribution in [0.1, 0.15) is 5.56 Å². The second kappa shape index (κ2) is 5.80. The van der Waals surface area contributed by atoms with E-state index in [-0.39, 0.29) is 0 Å². The quantitative estimate of drug-likeness (QED) is 0.829. The van der Waals surface area contributed by atoms with Crippen LogP contribution in [0.25, 0.3) is 5.57 Å². The summed E-state index contributed by atoms with van der Waals surface area (Å²) in [7, 11) is 0. The van der Waals surface area contributed by atoms with Crippen molar-refractivity contribution in [2.24, 2.45) is 0 Å². The molecule has 1 aromatic rings. The maximum absolute atomic E-state index is 5.29. The van der Waals surface area contributed by atoms with E-state index in [0.29, 0.717) is 0 Å². The third-order valence-corrected chi connectivity index (χ3v) is 2.71. The molecule has 0 unspecified atom stereocenters. The predicted molar refractivity (Wildman–Crippen MR) is 65.9 cm³/mol. The zero-order valence-electron chi connectivity index (χ0n) is 9.48. The van der Waals surface area contributed by atoms with E-state index in [9.17, 15) is 0 Å². The number of ether oxygens (including phenoxy) is 1. The molecule has 0 radical (unpaired) electrons. The molecule has 1 heterocycles. The molecule has 1 N–H and O–H groups in total. The third-order valence-electron chi connectivity index (χ3n) is 2.71. The third kappa shape index (κ3) is 3.17. The van der Waals surface area contributed by atoms with Gasteiger partial charge < -0.3 is 4.74 Å². The molecule has 86 valence electrons. The van der Waals surface area contributed by atoms with E-state index in [1.165, 1.54) is 5.56 Å². The molecule has 1 fully saturated rings. The fraction of sp³-hybridized carbons (Fsp3) is 0.385. The van der Waals surface area contributed by atoms with E-state index in [4.69, 9.17) is 4.74 Å². The van der Waals surface area contributed by atoms with Crippen LogP contribution in [0, 0.1) is 0 Å². The highest BCUT2D eigenvalue weighted by molar-refractivity contribution is 5.64. The van der Waals surface area contributed by atoms with Crippen molar-refractivity contribution < 1.29 is 4.74 Å². The van der Waals surface area contributed by atoms with Crippen molar-refractivity contribution in [3.63, 3.8) is 0 Å². The molecule has 1 aliphatic rings. The number of hydrogen-bond acceptors (Lipinski definition) is 3. The van der Waals surface area contributed by atoms with Crippen molar-refractivity contribution in [3.8, 4) is 0 Å². The minimum absolute atomic E-state index is 0.796. The molecule has 2 rings (SSSR count). The van der Waals surface area contributed by atoms with Crippen molar-refractivity contribution in [3.05, 3.63) is 42.5 Å². The highest BCUT2D eigenvalue weighted by Crippen LogP contribution is 2.10. The summed E-state index contributed by atoms with van der Waals surface area (Å²) in [5, 5.41) is 2.19. The summed E-state index contributed by atoms with van der Waals surface area (Å²) in [5.41, 5.74) is 5.69. The van der Waals surface area contributed by atoms with Crippen LogP contribution < -0.4 is 5.43 Å². The Morgan fingerprint density at radius 1 is 1.25 bits per heavy atom. The van der Waals surface area contributed by atoms with E-state index in [2.05, 4.69) is 29.1 Å². The standard InChI is InChI=1S/C13H18N2O/c1-12(13-5-3-2-4-6-13)11-14-15-7-9-16-10-8-15/h2-6,14H,1,7-11H2. The lowest BCUT2D eigenvalue weighted by atomic mass is 10.1. The number of hydrazine groups is 1. The number of hydrogen-bond donors (Lipinski definition) is 1. The highest BCUT2D eigenvalue weighted by atomic mass is 16.5. The van der Waals surface area contributed by atoms with E-state index in [1.807, 2.05) is 18.2 Å². The van der Waals surface area contributed by atoms with Gasteiger partial charge in [0.15, 0.2) is 0 Å². The van der Waals surface area contributed by atoms with Crippen LogP contribution in [0.15, 0.2) is 36.9 Å². The van der Waals surface area contributed by atoms with Gasteiger partial charge in [-0.1, -0.05) is 36.9 Å². The van der Waals surface area contributed by atoms with Crippen molar-refractivity contribution in [2.75, 3.05) is 32.8 Å². The van der Waals surface area contributed by atoms with Gasteiger partial charge in [-0.3, -0.25) is 5.43 Å². The fourth-order valence-corrected chi connectivity index (χ4v) is 1.70. The van der Waals surface area contributed by atoms with Gasteiger partial charge in [-0.2, -0.15) is 0 Å². The van der Waals surface area contributed by atoms with Crippen LogP contribution >= 0.6 is 0 Å². The Hall–Kier alpha value is -1.16. The van der Waals surface area contributed by atoms with Gasteiger partial charge in [0, 0.05) is 19.6 Å². The molecular formula is C13H18N2O. The van der Waals surface area contributed by atoms with Gasteiger partial charge in [-0.15, -0.1) is 0 Å². The zero-order valence-corrected chi connectivity index (χ0v) is 9.48. The Morgan fingerprint density at radius 2 is 1.94 bits per heavy atom. The molecule has 0 amide bonds. The summed E-state index contributed by atoms with van der Waals surface area (Å²) >= 11 is 0. The molecule has 16 heavy (non-hydrogen) atoms. The second-order valence-corrected chi connectivity index (χ2v) is 3.90. The molecule has 0 aromatic heterocycles. The number of morpholine rings is 1. The molecular weight excluding hydrogens is 200 g/mol. The van der Waals surface area contributed by atoms with Crippen LogP contribution in [-0.4, -0.2) is 37.9 Å². The molecule has 0 atom stereocenters. The lowest BCUT2D eigenvalue weighted by molar-refractivity contribution is 0.0147. The number of benzene rings is 1. The molecule has 0 spiro atoms. The Morgan fingerprint density at radius 3 is 2.62 bits per heavy atom. The average molecular weight is 218 g/mol. The van der Waals surface area contributed by atoms with E-state index >= 15 is 0 Å². The molecule has 0 saturated carbocycles. The van der Waals surface area contributed by atoms with Crippen molar-refractivity contribution in [1.82, 2.24) is 10.4 Å². The van der Waals surface area contributed by atoms with Crippen LogP contribution in [0.4, 0.5) is 0 Å². The van der Waals surface area contributed by atoms with Crippen molar-refractivity contribution in [2.45, 2.75) is 0 Å². The lowest BCUT2D eigenvalue weighted by Gasteiger charge is -2.27. The van der Waals surface area contributed by atoms with E-state index in [1.54, 1.807) is 0 Å². The molecule has 0 aliphatic carbocycles.